The molecule has 0 atom stereocenters. The maximum atomic E-state index is 12.9. The van der Waals surface area contributed by atoms with Crippen molar-refractivity contribution in [2.24, 2.45) is 0 Å². The van der Waals surface area contributed by atoms with Gasteiger partial charge >= 0.3 is 18.9 Å². The molecule has 0 saturated carbocycles. The number of carbonyl (C=O) groups excluding carboxylic acids is 1. The molecule has 0 fully saturated rings. The summed E-state index contributed by atoms with van der Waals surface area (Å²) in [5.74, 6) is -2.37. The molecular formula is C25H19F9N2O3. The van der Waals surface area contributed by atoms with Crippen molar-refractivity contribution < 1.29 is 53.8 Å². The Balaban J connectivity index is 2.22. The minimum absolute atomic E-state index is 0.0189. The minimum atomic E-state index is -5.10. The van der Waals surface area contributed by atoms with Crippen LogP contribution in [0, 0.1) is 0 Å². The van der Waals surface area contributed by atoms with Gasteiger partial charge in [0.1, 0.15) is 23.1 Å². The van der Waals surface area contributed by atoms with Gasteiger partial charge in [-0.3, -0.25) is 4.79 Å². The normalized spacial score (nSPS) is 12.7. The molecule has 0 spiro atoms. The van der Waals surface area contributed by atoms with E-state index in [1.165, 1.54) is 30.6 Å². The van der Waals surface area contributed by atoms with E-state index in [4.69, 9.17) is 0 Å². The van der Waals surface area contributed by atoms with Crippen LogP contribution in [0.25, 0.3) is 0 Å². The molecule has 1 aromatic heterocycles. The Bertz CT molecular complexity index is 1200. The number of aromatic nitrogens is 2. The van der Waals surface area contributed by atoms with Gasteiger partial charge in [-0.25, -0.2) is 9.97 Å². The molecule has 1 heterocycles. The third kappa shape index (κ3) is 9.14. The number of carbonyl (C=O) groups is 1. The highest BCUT2D eigenvalue weighted by Gasteiger charge is 2.41. The number of alkyl halides is 9. The van der Waals surface area contributed by atoms with Gasteiger partial charge in [0, 0.05) is 37.1 Å². The lowest BCUT2D eigenvalue weighted by Gasteiger charge is -2.35. The Kier molecular flexibility index (Phi) is 8.76. The number of benzene rings is 2. The van der Waals surface area contributed by atoms with E-state index < -0.39 is 60.9 Å². The average molecular weight is 566 g/mol. The van der Waals surface area contributed by atoms with E-state index in [0.717, 1.165) is 36.4 Å². The number of ether oxygens (including phenoxy) is 2. The van der Waals surface area contributed by atoms with Gasteiger partial charge < -0.3 is 9.47 Å². The van der Waals surface area contributed by atoms with Crippen molar-refractivity contribution >= 4 is 5.78 Å². The SMILES string of the molecule is O=C(CCC(F)(F)F)CC(Cc1ncccn1)(c1cccc(OC(F)(F)F)c1)c1cccc(OC(F)(F)F)c1. The zero-order valence-electron chi connectivity index (χ0n) is 19.7. The maximum absolute atomic E-state index is 12.9. The molecule has 0 unspecified atom stereocenters. The summed E-state index contributed by atoms with van der Waals surface area (Å²) >= 11 is 0. The fourth-order valence-corrected chi connectivity index (χ4v) is 4.02. The number of Topliss-reactive ketones (excluding diaryl/α,β-unsaturated/α-hetero) is 1. The number of halogens is 9. The van der Waals surface area contributed by atoms with Gasteiger partial charge in [-0.05, 0) is 41.5 Å². The Morgan fingerprint density at radius 2 is 1.21 bits per heavy atom. The van der Waals surface area contributed by atoms with Crippen LogP contribution in [0.5, 0.6) is 11.5 Å². The summed E-state index contributed by atoms with van der Waals surface area (Å²) in [6.07, 6.45) is -15.8. The molecule has 0 aliphatic rings. The van der Waals surface area contributed by atoms with Gasteiger partial charge in [0.05, 0.1) is 6.42 Å². The molecule has 39 heavy (non-hydrogen) atoms. The van der Waals surface area contributed by atoms with Crippen LogP contribution < -0.4 is 9.47 Å². The molecule has 0 N–H and O–H groups in total. The van der Waals surface area contributed by atoms with Gasteiger partial charge in [-0.2, -0.15) is 13.2 Å². The third-order valence-corrected chi connectivity index (χ3v) is 5.51. The highest BCUT2D eigenvalue weighted by molar-refractivity contribution is 5.81. The van der Waals surface area contributed by atoms with Crippen LogP contribution in [-0.4, -0.2) is 34.7 Å². The molecule has 14 heteroatoms. The van der Waals surface area contributed by atoms with E-state index in [0.29, 0.717) is 0 Å². The summed E-state index contributed by atoms with van der Waals surface area (Å²) < 4.78 is 124. The fraction of sp³-hybridized carbons (Fsp3) is 0.320. The summed E-state index contributed by atoms with van der Waals surface area (Å²) in [6, 6.07) is 10.0. The van der Waals surface area contributed by atoms with Crippen molar-refractivity contribution in [3.8, 4) is 11.5 Å². The van der Waals surface area contributed by atoms with Gasteiger partial charge in [0.2, 0.25) is 0 Å². The van der Waals surface area contributed by atoms with Gasteiger partial charge in [-0.15, -0.1) is 26.3 Å². The summed E-state index contributed by atoms with van der Waals surface area (Å²) in [7, 11) is 0. The van der Waals surface area contributed by atoms with E-state index in [1.54, 1.807) is 0 Å². The van der Waals surface area contributed by atoms with Crippen LogP contribution in [0.3, 0.4) is 0 Å². The van der Waals surface area contributed by atoms with Gasteiger partial charge in [-0.1, -0.05) is 24.3 Å². The average Bonchev–Trinajstić information content (AvgIpc) is 2.81. The second kappa shape index (κ2) is 11.5. The van der Waals surface area contributed by atoms with Crippen molar-refractivity contribution in [2.75, 3.05) is 0 Å². The highest BCUT2D eigenvalue weighted by atomic mass is 19.4. The summed E-state index contributed by atoms with van der Waals surface area (Å²) in [5.41, 5.74) is -1.96. The lowest BCUT2D eigenvalue weighted by atomic mass is 9.68. The largest absolute Gasteiger partial charge is 0.573 e. The first-order valence-corrected chi connectivity index (χ1v) is 11.1. The molecule has 0 aliphatic carbocycles. The molecule has 210 valence electrons. The van der Waals surface area contributed by atoms with Crippen molar-refractivity contribution in [2.45, 2.75) is 50.0 Å². The number of ketones is 1. The van der Waals surface area contributed by atoms with E-state index >= 15 is 0 Å². The monoisotopic (exact) mass is 566 g/mol. The summed E-state index contributed by atoms with van der Waals surface area (Å²) in [5, 5.41) is 0. The van der Waals surface area contributed by atoms with E-state index in [2.05, 4.69) is 19.4 Å². The Morgan fingerprint density at radius 3 is 1.64 bits per heavy atom. The third-order valence-electron chi connectivity index (χ3n) is 5.51. The molecule has 5 nitrogen and oxygen atoms in total. The molecule has 0 bridgehead atoms. The molecule has 0 saturated heterocycles. The number of rotatable bonds is 10. The smallest absolute Gasteiger partial charge is 0.406 e. The van der Waals surface area contributed by atoms with Crippen LogP contribution in [-0.2, 0) is 16.6 Å². The van der Waals surface area contributed by atoms with E-state index in [9.17, 15) is 44.3 Å². The molecular weight excluding hydrogens is 547 g/mol. The summed E-state index contributed by atoms with van der Waals surface area (Å²) in [6.45, 7) is 0. The quantitative estimate of drug-likeness (QED) is 0.245. The van der Waals surface area contributed by atoms with Crippen LogP contribution in [0.1, 0.15) is 36.2 Å². The molecule has 0 aliphatic heterocycles. The van der Waals surface area contributed by atoms with E-state index in [-0.39, 0.29) is 23.4 Å². The van der Waals surface area contributed by atoms with Crippen molar-refractivity contribution in [1.82, 2.24) is 9.97 Å². The molecule has 3 aromatic rings. The molecule has 2 aromatic carbocycles. The number of nitrogens with zero attached hydrogens (tertiary/aromatic N) is 2. The van der Waals surface area contributed by atoms with Crippen LogP contribution >= 0.6 is 0 Å². The van der Waals surface area contributed by atoms with Crippen molar-refractivity contribution in [3.05, 3.63) is 83.9 Å². The summed E-state index contributed by atoms with van der Waals surface area (Å²) in [4.78, 5) is 21.0. The van der Waals surface area contributed by atoms with Crippen LogP contribution in [0.2, 0.25) is 0 Å². The topological polar surface area (TPSA) is 61.3 Å². The van der Waals surface area contributed by atoms with Crippen LogP contribution in [0.4, 0.5) is 39.5 Å². The standard InChI is InChI=1S/C25H19F9N2O3/c26-23(27,28)9-8-18(37)14-22(15-21-35-10-3-11-36-21,16-4-1-6-19(12-16)38-24(29,30)31)17-5-2-7-20(13-17)39-25(32,33)34/h1-7,10-13H,8-9,14-15H2. The van der Waals surface area contributed by atoms with Crippen molar-refractivity contribution in [1.29, 1.82) is 0 Å². The second-order valence-electron chi connectivity index (χ2n) is 8.41. The lowest BCUT2D eigenvalue weighted by molar-refractivity contribution is -0.275. The lowest BCUT2D eigenvalue weighted by Crippen LogP contribution is -2.35. The minimum Gasteiger partial charge on any atom is -0.406 e. The molecule has 0 amide bonds. The predicted octanol–water partition coefficient (Wildman–Crippen LogP) is 7.10. The molecule has 0 radical (unpaired) electrons. The predicted molar refractivity (Wildman–Crippen MR) is 118 cm³/mol. The number of hydrogen-bond acceptors (Lipinski definition) is 5. The number of hydrogen-bond donors (Lipinski definition) is 0. The fourth-order valence-electron chi connectivity index (χ4n) is 4.02. The van der Waals surface area contributed by atoms with Crippen molar-refractivity contribution in [3.63, 3.8) is 0 Å². The Hall–Kier alpha value is -3.84. The van der Waals surface area contributed by atoms with Gasteiger partial charge in [0.15, 0.2) is 0 Å². The first kappa shape index (κ1) is 29.7. The first-order chi connectivity index (χ1) is 18.0. The first-order valence-electron chi connectivity index (χ1n) is 11.1. The highest BCUT2D eigenvalue weighted by Crippen LogP contribution is 2.42. The van der Waals surface area contributed by atoms with Crippen LogP contribution in [0.15, 0.2) is 67.0 Å². The Labute approximate surface area is 215 Å². The van der Waals surface area contributed by atoms with Gasteiger partial charge in [0.25, 0.3) is 0 Å². The van der Waals surface area contributed by atoms with E-state index in [1.807, 2.05) is 0 Å². The zero-order chi connectivity index (χ0) is 28.9. The molecule has 3 rings (SSSR count). The Morgan fingerprint density at radius 1 is 0.718 bits per heavy atom. The zero-order valence-corrected chi connectivity index (χ0v) is 19.7. The second-order valence-corrected chi connectivity index (χ2v) is 8.41. The maximum Gasteiger partial charge on any atom is 0.573 e.